The monoisotopic (exact) mass is 410 g/mol. The van der Waals surface area contributed by atoms with Gasteiger partial charge in [0, 0.05) is 25.3 Å². The van der Waals surface area contributed by atoms with E-state index in [4.69, 9.17) is 4.74 Å². The quantitative estimate of drug-likeness (QED) is 0.619. The van der Waals surface area contributed by atoms with Crippen LogP contribution in [0.3, 0.4) is 0 Å². The Labute approximate surface area is 174 Å². The number of nitrogens with zero attached hydrogens (tertiary/aromatic N) is 3. The summed E-state index contributed by atoms with van der Waals surface area (Å²) in [5.74, 6) is -0.591. The lowest BCUT2D eigenvalue weighted by atomic mass is 10.1. The van der Waals surface area contributed by atoms with Gasteiger partial charge in [0.1, 0.15) is 18.2 Å². The molecule has 7 nitrogen and oxygen atoms in total. The highest BCUT2D eigenvalue weighted by Gasteiger charge is 2.18. The van der Waals surface area contributed by atoms with Crippen LogP contribution < -0.4 is 5.32 Å². The van der Waals surface area contributed by atoms with Crippen molar-refractivity contribution in [2.24, 2.45) is 0 Å². The Bertz CT molecular complexity index is 1000. The van der Waals surface area contributed by atoms with Gasteiger partial charge in [-0.15, -0.1) is 0 Å². The third kappa shape index (κ3) is 5.09. The van der Waals surface area contributed by atoms with Crippen molar-refractivity contribution in [3.8, 4) is 16.9 Å². The van der Waals surface area contributed by atoms with Crippen molar-refractivity contribution in [2.45, 2.75) is 6.92 Å². The summed E-state index contributed by atoms with van der Waals surface area (Å²) in [5, 5.41) is 7.38. The predicted octanol–water partition coefficient (Wildman–Crippen LogP) is 3.11. The summed E-state index contributed by atoms with van der Waals surface area (Å²) in [6, 6.07) is 17.1. The SMILES string of the molecule is CCN(CC(=O)Nc1cc(-c2ccccc2)nn1-c1ccc(F)cc1)C(=O)COC. The zero-order valence-corrected chi connectivity index (χ0v) is 16.8. The minimum Gasteiger partial charge on any atom is -0.375 e. The van der Waals surface area contributed by atoms with E-state index in [9.17, 15) is 14.0 Å². The highest BCUT2D eigenvalue weighted by Crippen LogP contribution is 2.25. The highest BCUT2D eigenvalue weighted by atomic mass is 19.1. The molecule has 0 radical (unpaired) electrons. The molecule has 0 unspecified atom stereocenters. The van der Waals surface area contributed by atoms with Crippen molar-refractivity contribution in [3.05, 3.63) is 66.5 Å². The summed E-state index contributed by atoms with van der Waals surface area (Å²) in [6.45, 7) is 1.96. The summed E-state index contributed by atoms with van der Waals surface area (Å²) in [7, 11) is 1.43. The van der Waals surface area contributed by atoms with E-state index < -0.39 is 0 Å². The van der Waals surface area contributed by atoms with Crippen molar-refractivity contribution in [1.29, 1.82) is 0 Å². The molecule has 0 bridgehead atoms. The maximum absolute atomic E-state index is 13.4. The van der Waals surface area contributed by atoms with Gasteiger partial charge in [-0.25, -0.2) is 9.07 Å². The van der Waals surface area contributed by atoms with Gasteiger partial charge in [0.15, 0.2) is 0 Å². The third-order valence-electron chi connectivity index (χ3n) is 4.45. The Kier molecular flexibility index (Phi) is 6.92. The smallest absolute Gasteiger partial charge is 0.249 e. The number of rotatable bonds is 8. The molecule has 156 valence electrons. The molecule has 8 heteroatoms. The molecule has 0 spiro atoms. The second-order valence-electron chi connectivity index (χ2n) is 6.56. The summed E-state index contributed by atoms with van der Waals surface area (Å²) in [4.78, 5) is 26.1. The Hall–Kier alpha value is -3.52. The molecule has 0 saturated heterocycles. The molecule has 1 aromatic heterocycles. The zero-order valence-electron chi connectivity index (χ0n) is 16.8. The Balaban J connectivity index is 1.88. The molecule has 3 rings (SSSR count). The van der Waals surface area contributed by atoms with Crippen molar-refractivity contribution >= 4 is 17.6 Å². The number of anilines is 1. The fraction of sp³-hybridized carbons (Fsp3) is 0.227. The van der Waals surface area contributed by atoms with E-state index in [1.54, 1.807) is 25.1 Å². The predicted molar refractivity (Wildman–Crippen MR) is 112 cm³/mol. The normalized spacial score (nSPS) is 10.6. The Morgan fingerprint density at radius 2 is 1.83 bits per heavy atom. The molecule has 0 saturated carbocycles. The number of halogens is 1. The van der Waals surface area contributed by atoms with Crippen LogP contribution in [-0.4, -0.2) is 53.3 Å². The molecule has 1 N–H and O–H groups in total. The minimum atomic E-state index is -0.371. The number of benzene rings is 2. The summed E-state index contributed by atoms with van der Waals surface area (Å²) >= 11 is 0. The summed E-state index contributed by atoms with van der Waals surface area (Å²) in [5.41, 5.74) is 2.12. The Morgan fingerprint density at radius 3 is 2.47 bits per heavy atom. The van der Waals surface area contributed by atoms with E-state index in [-0.39, 0.29) is 30.8 Å². The van der Waals surface area contributed by atoms with Crippen molar-refractivity contribution in [2.75, 3.05) is 32.1 Å². The molecular weight excluding hydrogens is 387 g/mol. The topological polar surface area (TPSA) is 76.5 Å². The maximum Gasteiger partial charge on any atom is 0.249 e. The van der Waals surface area contributed by atoms with Crippen LogP contribution >= 0.6 is 0 Å². The van der Waals surface area contributed by atoms with Crippen molar-refractivity contribution in [3.63, 3.8) is 0 Å². The third-order valence-corrected chi connectivity index (χ3v) is 4.45. The number of hydrogen-bond donors (Lipinski definition) is 1. The van der Waals surface area contributed by atoms with Gasteiger partial charge in [0.25, 0.3) is 0 Å². The molecular formula is C22H23FN4O3. The molecule has 0 aliphatic heterocycles. The average molecular weight is 410 g/mol. The van der Waals surface area contributed by atoms with Crippen molar-refractivity contribution < 1.29 is 18.7 Å². The number of methoxy groups -OCH3 is 1. The van der Waals surface area contributed by atoms with Gasteiger partial charge >= 0.3 is 0 Å². The first-order valence-electron chi connectivity index (χ1n) is 9.49. The molecule has 0 aliphatic carbocycles. The molecule has 2 aromatic carbocycles. The van der Waals surface area contributed by atoms with Crippen LogP contribution in [0.15, 0.2) is 60.7 Å². The average Bonchev–Trinajstić information content (AvgIpc) is 3.17. The first kappa shape index (κ1) is 21.2. The molecule has 0 fully saturated rings. The lowest BCUT2D eigenvalue weighted by molar-refractivity contribution is -0.137. The van der Waals surface area contributed by atoms with Gasteiger partial charge < -0.3 is 15.0 Å². The second kappa shape index (κ2) is 9.80. The lowest BCUT2D eigenvalue weighted by Gasteiger charge is -2.20. The standard InChI is InChI=1S/C22H23FN4O3/c1-3-26(22(29)15-30-2)14-21(28)24-20-13-19(16-7-5-4-6-8-16)25-27(20)18-11-9-17(23)10-12-18/h4-13H,3,14-15H2,1-2H3,(H,24,28). The lowest BCUT2D eigenvalue weighted by Crippen LogP contribution is -2.39. The minimum absolute atomic E-state index is 0.0905. The summed E-state index contributed by atoms with van der Waals surface area (Å²) in [6.07, 6.45) is 0. The van der Waals surface area contributed by atoms with Gasteiger partial charge in [-0.3, -0.25) is 9.59 Å². The van der Waals surface area contributed by atoms with Gasteiger partial charge in [0.05, 0.1) is 17.9 Å². The van der Waals surface area contributed by atoms with E-state index in [1.165, 1.54) is 28.8 Å². The highest BCUT2D eigenvalue weighted by molar-refractivity contribution is 5.94. The number of aromatic nitrogens is 2. The van der Waals surface area contributed by atoms with Crippen LogP contribution in [0.5, 0.6) is 0 Å². The first-order chi connectivity index (χ1) is 14.5. The summed E-state index contributed by atoms with van der Waals surface area (Å²) < 4.78 is 19.7. The Morgan fingerprint density at radius 1 is 1.13 bits per heavy atom. The van der Waals surface area contributed by atoms with E-state index in [1.807, 2.05) is 30.3 Å². The number of carbonyl (C=O) groups is 2. The van der Waals surface area contributed by atoms with E-state index >= 15 is 0 Å². The van der Waals surface area contributed by atoms with E-state index in [2.05, 4.69) is 10.4 Å². The number of amides is 2. The van der Waals surface area contributed by atoms with Crippen LogP contribution in [0.25, 0.3) is 16.9 Å². The van der Waals surface area contributed by atoms with E-state index in [0.717, 1.165) is 5.56 Å². The van der Waals surface area contributed by atoms with Gasteiger partial charge in [-0.05, 0) is 31.2 Å². The van der Waals surface area contributed by atoms with Crippen LogP contribution in [-0.2, 0) is 14.3 Å². The van der Waals surface area contributed by atoms with Gasteiger partial charge in [0.2, 0.25) is 11.8 Å². The van der Waals surface area contributed by atoms with Gasteiger partial charge in [-0.2, -0.15) is 5.10 Å². The fourth-order valence-corrected chi connectivity index (χ4v) is 2.95. The van der Waals surface area contributed by atoms with Crippen LogP contribution in [0, 0.1) is 5.82 Å². The number of carbonyl (C=O) groups excluding carboxylic acids is 2. The largest absolute Gasteiger partial charge is 0.375 e. The second-order valence-corrected chi connectivity index (χ2v) is 6.56. The molecule has 1 heterocycles. The molecule has 0 atom stereocenters. The number of hydrogen-bond acceptors (Lipinski definition) is 4. The number of likely N-dealkylation sites (N-methyl/N-ethyl adjacent to an activating group) is 1. The molecule has 2 amide bonds. The van der Waals surface area contributed by atoms with Gasteiger partial charge in [-0.1, -0.05) is 30.3 Å². The molecule has 30 heavy (non-hydrogen) atoms. The first-order valence-corrected chi connectivity index (χ1v) is 9.49. The zero-order chi connectivity index (χ0) is 21.5. The van der Waals surface area contributed by atoms with Crippen molar-refractivity contribution in [1.82, 2.24) is 14.7 Å². The van der Waals surface area contributed by atoms with Crippen LogP contribution in [0.2, 0.25) is 0 Å². The van der Waals surface area contributed by atoms with Crippen LogP contribution in [0.4, 0.5) is 10.2 Å². The fourth-order valence-electron chi connectivity index (χ4n) is 2.95. The number of nitrogens with one attached hydrogen (secondary N) is 1. The molecule has 3 aromatic rings. The van der Waals surface area contributed by atoms with Crippen LogP contribution in [0.1, 0.15) is 6.92 Å². The maximum atomic E-state index is 13.4. The number of ether oxygens (including phenoxy) is 1. The molecule has 0 aliphatic rings. The van der Waals surface area contributed by atoms with E-state index in [0.29, 0.717) is 23.7 Å².